The second-order valence-electron chi connectivity index (χ2n) is 12.7. The molecule has 6 aromatic carbocycles. The molecule has 0 fully saturated rings. The second kappa shape index (κ2) is 11.9. The Hall–Kier alpha value is -6.42. The van der Waals surface area contributed by atoms with E-state index in [9.17, 15) is 4.39 Å². The van der Waals surface area contributed by atoms with Gasteiger partial charge in [0.15, 0.2) is 17.5 Å². The van der Waals surface area contributed by atoms with E-state index in [0.717, 1.165) is 46.3 Å². The lowest BCUT2D eigenvalue weighted by Crippen LogP contribution is -2.05. The molecule has 0 atom stereocenters. The summed E-state index contributed by atoms with van der Waals surface area (Å²) < 4.78 is 19.9. The van der Waals surface area contributed by atoms with Gasteiger partial charge in [0, 0.05) is 70.7 Å². The number of hydrogen-bond acceptors (Lipinski definition) is 4. The maximum Gasteiger partial charge on any atom is 0.164 e. The van der Waals surface area contributed by atoms with E-state index in [2.05, 4.69) is 83.4 Å². The third-order valence-electron chi connectivity index (χ3n) is 9.62. The Labute approximate surface area is 297 Å². The molecule has 10 rings (SSSR count). The average Bonchev–Trinajstić information content (AvgIpc) is 3.72. The van der Waals surface area contributed by atoms with Crippen LogP contribution in [0.25, 0.3) is 88.1 Å². The number of nitrogens with zero attached hydrogens (tertiary/aromatic N) is 4. The third-order valence-corrected chi connectivity index (χ3v) is 10.8. The Morgan fingerprint density at radius 3 is 2.10 bits per heavy atom. The lowest BCUT2D eigenvalue weighted by Gasteiger charge is -2.18. The molecule has 240 valence electrons. The molecule has 0 N–H and O–H groups in total. The van der Waals surface area contributed by atoms with Gasteiger partial charge in [0.2, 0.25) is 0 Å². The monoisotopic (exact) mass is 674 g/mol. The van der Waals surface area contributed by atoms with Crippen molar-refractivity contribution < 1.29 is 4.39 Å². The largest absolute Gasteiger partial charge is 0.312 e. The minimum atomic E-state index is -0.369. The molecule has 51 heavy (non-hydrogen) atoms. The summed E-state index contributed by atoms with van der Waals surface area (Å²) >= 11 is 1.83. The summed E-state index contributed by atoms with van der Waals surface area (Å²) in [5.41, 5.74) is 8.54. The summed E-state index contributed by atoms with van der Waals surface area (Å²) in [4.78, 5) is 14.9. The standard InChI is InChI=1S/C45H27FN4S/c46-32-17-11-16-30(24-32)35-25-31(45-48-43(28-12-3-1-4-13-28)47-44(49-45)29-14-5-2-6-15-29)22-23-39(35)50-38-20-9-7-18-33(38)36-27-42-37(26-40(36)50)34-19-8-10-21-41(34)51-42/h1-8,10,12-15,17-19,21-27H,9,20H2. The summed E-state index contributed by atoms with van der Waals surface area (Å²) in [6, 6.07) is 48.4. The van der Waals surface area contributed by atoms with Crippen LogP contribution in [0.4, 0.5) is 4.39 Å². The van der Waals surface area contributed by atoms with E-state index in [0.29, 0.717) is 23.0 Å². The van der Waals surface area contributed by atoms with Crippen molar-refractivity contribution in [3.05, 3.63) is 163 Å². The highest BCUT2D eigenvalue weighted by Crippen LogP contribution is 2.43. The molecular formula is C45H27FN4S. The van der Waals surface area contributed by atoms with E-state index in [1.54, 1.807) is 0 Å². The minimum absolute atomic E-state index is 0.369. The van der Waals surface area contributed by atoms with Crippen LogP contribution in [0, 0.1) is 17.9 Å². The van der Waals surface area contributed by atoms with Gasteiger partial charge in [0.25, 0.3) is 0 Å². The van der Waals surface area contributed by atoms with Gasteiger partial charge in [-0.25, -0.2) is 19.3 Å². The Balaban J connectivity index is 1.24. The van der Waals surface area contributed by atoms with Gasteiger partial charge in [0.1, 0.15) is 5.82 Å². The Morgan fingerprint density at radius 1 is 0.647 bits per heavy atom. The maximum absolute atomic E-state index is 14.9. The number of rotatable bonds is 5. The van der Waals surface area contributed by atoms with Crippen LogP contribution in [0.1, 0.15) is 17.7 Å². The zero-order chi connectivity index (χ0) is 33.9. The smallest absolute Gasteiger partial charge is 0.164 e. The fourth-order valence-electron chi connectivity index (χ4n) is 7.28. The molecule has 0 amide bonds. The van der Waals surface area contributed by atoms with Crippen LogP contribution >= 0.6 is 11.3 Å². The molecule has 0 unspecified atom stereocenters. The highest BCUT2D eigenvalue weighted by Gasteiger charge is 2.23. The summed E-state index contributed by atoms with van der Waals surface area (Å²) in [6.07, 6.45) is 6.36. The van der Waals surface area contributed by atoms with Crippen LogP contribution in [0.2, 0.25) is 0 Å². The van der Waals surface area contributed by atoms with E-state index >= 15 is 0 Å². The third kappa shape index (κ3) is 5.01. The molecule has 6 heteroatoms. The topological polar surface area (TPSA) is 43.6 Å². The van der Waals surface area contributed by atoms with Crippen LogP contribution < -0.4 is 0 Å². The van der Waals surface area contributed by atoms with E-state index < -0.39 is 0 Å². The molecular weight excluding hydrogens is 648 g/mol. The van der Waals surface area contributed by atoms with Crippen LogP contribution in [-0.4, -0.2) is 19.5 Å². The molecule has 3 aromatic heterocycles. The first kappa shape index (κ1) is 29.5. The maximum atomic E-state index is 14.9. The molecule has 3 heterocycles. The van der Waals surface area contributed by atoms with Crippen molar-refractivity contribution in [2.45, 2.75) is 12.8 Å². The fourth-order valence-corrected chi connectivity index (χ4v) is 8.40. The van der Waals surface area contributed by atoms with E-state index in [4.69, 9.17) is 15.0 Å². The van der Waals surface area contributed by atoms with E-state index in [-0.39, 0.29) is 5.82 Å². The van der Waals surface area contributed by atoms with Gasteiger partial charge in [-0.05, 0) is 55.3 Å². The van der Waals surface area contributed by atoms with E-state index in [1.165, 1.54) is 48.9 Å². The van der Waals surface area contributed by atoms with Crippen molar-refractivity contribution in [3.8, 4) is 51.0 Å². The normalized spacial score (nSPS) is 12.4. The average molecular weight is 675 g/mol. The summed E-state index contributed by atoms with van der Waals surface area (Å²) in [6.45, 7) is 0. The lowest BCUT2D eigenvalue weighted by atomic mass is 9.99. The number of thiophene rings is 1. The van der Waals surface area contributed by atoms with Gasteiger partial charge in [-0.3, -0.25) is 0 Å². The van der Waals surface area contributed by atoms with Crippen LogP contribution in [-0.2, 0) is 6.42 Å². The number of halogens is 1. The summed E-state index contributed by atoms with van der Waals surface area (Å²) in [5, 5.41) is 3.70. The predicted octanol–water partition coefficient (Wildman–Crippen LogP) is 11.6. The molecule has 0 saturated heterocycles. The van der Waals surface area contributed by atoms with Gasteiger partial charge in [-0.1, -0.05) is 103 Å². The summed E-state index contributed by atoms with van der Waals surface area (Å²) in [5.74, 6) is 1.33. The number of fused-ring (bicyclic) bond motifs is 6. The van der Waals surface area contributed by atoms with Crippen molar-refractivity contribution in [2.24, 2.45) is 0 Å². The zero-order valence-corrected chi connectivity index (χ0v) is 28.1. The Bertz CT molecular complexity index is 2760. The zero-order valence-electron chi connectivity index (χ0n) is 27.3. The Kier molecular flexibility index (Phi) is 6.87. The highest BCUT2D eigenvalue weighted by molar-refractivity contribution is 7.25. The van der Waals surface area contributed by atoms with Crippen LogP contribution in [0.3, 0.4) is 0 Å². The molecule has 0 radical (unpaired) electrons. The van der Waals surface area contributed by atoms with Crippen molar-refractivity contribution in [1.29, 1.82) is 0 Å². The predicted molar refractivity (Wildman–Crippen MR) is 206 cm³/mol. The second-order valence-corrected chi connectivity index (χ2v) is 13.8. The highest BCUT2D eigenvalue weighted by atomic mass is 32.1. The molecule has 9 aromatic rings. The number of hydrogen-bond donors (Lipinski definition) is 0. The molecule has 1 aliphatic rings. The first-order valence-corrected chi connectivity index (χ1v) is 17.8. The van der Waals surface area contributed by atoms with Crippen molar-refractivity contribution in [3.63, 3.8) is 0 Å². The van der Waals surface area contributed by atoms with Gasteiger partial charge in [-0.2, -0.15) is 0 Å². The Morgan fingerprint density at radius 2 is 1.35 bits per heavy atom. The van der Waals surface area contributed by atoms with Gasteiger partial charge < -0.3 is 4.57 Å². The number of benzene rings is 5. The number of allylic oxidation sites excluding steroid dienone is 1. The van der Waals surface area contributed by atoms with Crippen molar-refractivity contribution in [1.82, 2.24) is 19.5 Å². The number of aromatic nitrogens is 4. The van der Waals surface area contributed by atoms with Crippen molar-refractivity contribution >= 4 is 48.5 Å². The fraction of sp³-hybridized carbons (Fsp3) is 0.0444. The van der Waals surface area contributed by atoms with Crippen molar-refractivity contribution in [2.75, 3.05) is 0 Å². The first-order chi connectivity index (χ1) is 25.2. The quantitative estimate of drug-likeness (QED) is 0.182. The molecule has 0 aliphatic heterocycles. The SMILES string of the molecule is Fc1cc#cc(-c2cc(-c3nc(-c4ccccc4)nc(-c4ccccc4)n3)ccc2-n2c3c(c4cc5sc6ccccc6c5cc42)C=CCC3)c1. The van der Waals surface area contributed by atoms with E-state index in [1.807, 2.05) is 72.0 Å². The van der Waals surface area contributed by atoms with Gasteiger partial charge in [-0.15, -0.1) is 11.3 Å². The molecule has 0 spiro atoms. The minimum Gasteiger partial charge on any atom is -0.312 e. The molecule has 1 aliphatic carbocycles. The van der Waals surface area contributed by atoms with Gasteiger partial charge >= 0.3 is 0 Å². The summed E-state index contributed by atoms with van der Waals surface area (Å²) in [7, 11) is 0. The molecule has 0 saturated carbocycles. The molecule has 0 bridgehead atoms. The van der Waals surface area contributed by atoms with Gasteiger partial charge in [0.05, 0.1) is 11.2 Å². The molecule has 4 nitrogen and oxygen atoms in total. The lowest BCUT2D eigenvalue weighted by molar-refractivity contribution is 0.628. The van der Waals surface area contributed by atoms with Crippen LogP contribution in [0.5, 0.6) is 0 Å². The first-order valence-electron chi connectivity index (χ1n) is 16.9. The van der Waals surface area contributed by atoms with Crippen LogP contribution in [0.15, 0.2) is 133 Å².